The molecule has 3 nitrogen and oxygen atoms in total. The maximum Gasteiger partial charge on any atom is 0.0991 e. The van der Waals surface area contributed by atoms with Crippen molar-refractivity contribution in [2.24, 2.45) is 0 Å². The van der Waals surface area contributed by atoms with Crippen LogP contribution in [0.1, 0.15) is 11.1 Å². The van der Waals surface area contributed by atoms with E-state index in [1.54, 1.807) is 0 Å². The molecular weight excluding hydrogens is 426 g/mol. The van der Waals surface area contributed by atoms with E-state index in [1.807, 2.05) is 18.2 Å². The maximum atomic E-state index is 9.20. The second-order valence-electron chi connectivity index (χ2n) is 8.67. The first kappa shape index (κ1) is 20.8. The lowest BCUT2D eigenvalue weighted by atomic mass is 9.98. The first-order valence-corrected chi connectivity index (χ1v) is 11.7. The second-order valence-corrected chi connectivity index (χ2v) is 8.67. The Morgan fingerprint density at radius 3 is 1.51 bits per heavy atom. The van der Waals surface area contributed by atoms with E-state index in [1.165, 1.54) is 0 Å². The van der Waals surface area contributed by atoms with Crippen molar-refractivity contribution in [2.45, 2.75) is 6.92 Å². The molecule has 0 unspecified atom stereocenters. The van der Waals surface area contributed by atoms with Gasteiger partial charge in [-0.2, -0.15) is 5.26 Å². The summed E-state index contributed by atoms with van der Waals surface area (Å²) in [5.41, 5.74) is 10.9. The molecule has 0 N–H and O–H groups in total. The highest BCUT2D eigenvalue weighted by Gasteiger charge is 2.29. The quantitative estimate of drug-likeness (QED) is 0.270. The molecule has 166 valence electrons. The van der Waals surface area contributed by atoms with Crippen LogP contribution in [0.3, 0.4) is 0 Å². The van der Waals surface area contributed by atoms with E-state index >= 15 is 0 Å². The Hall–Kier alpha value is -4.81. The molecular formula is C32H23N3. The van der Waals surface area contributed by atoms with Gasteiger partial charge in [-0.05, 0) is 84.3 Å². The van der Waals surface area contributed by atoms with Gasteiger partial charge in [0.25, 0.3) is 0 Å². The van der Waals surface area contributed by atoms with Crippen molar-refractivity contribution in [1.82, 2.24) is 0 Å². The van der Waals surface area contributed by atoms with Crippen LogP contribution >= 0.6 is 0 Å². The summed E-state index contributed by atoms with van der Waals surface area (Å²) in [4.78, 5) is 4.66. The molecule has 0 aliphatic carbocycles. The average molecular weight is 450 g/mol. The van der Waals surface area contributed by atoms with Gasteiger partial charge in [0.1, 0.15) is 0 Å². The zero-order valence-electron chi connectivity index (χ0n) is 19.4. The number of hydrogen-bond acceptors (Lipinski definition) is 3. The summed E-state index contributed by atoms with van der Waals surface area (Å²) in [5.74, 6) is 0. The Labute approximate surface area is 205 Å². The van der Waals surface area contributed by atoms with E-state index < -0.39 is 0 Å². The number of para-hydroxylation sites is 5. The number of fused-ring (bicyclic) bond motifs is 2. The van der Waals surface area contributed by atoms with Crippen LogP contribution in [0.5, 0.6) is 0 Å². The van der Waals surface area contributed by atoms with Crippen molar-refractivity contribution in [3.8, 4) is 17.2 Å². The van der Waals surface area contributed by atoms with Gasteiger partial charge in [0.05, 0.1) is 34.4 Å². The fourth-order valence-corrected chi connectivity index (χ4v) is 4.92. The Bertz CT molecular complexity index is 1520. The first-order valence-electron chi connectivity index (χ1n) is 11.7. The van der Waals surface area contributed by atoms with Crippen LogP contribution in [0.25, 0.3) is 11.1 Å². The second kappa shape index (κ2) is 8.52. The van der Waals surface area contributed by atoms with Crippen LogP contribution in [0.15, 0.2) is 121 Å². The molecule has 0 fully saturated rings. The summed E-state index contributed by atoms with van der Waals surface area (Å²) >= 11 is 0. The number of hydrogen-bond donors (Lipinski definition) is 0. The predicted molar refractivity (Wildman–Crippen MR) is 144 cm³/mol. The minimum absolute atomic E-state index is 0.687. The maximum absolute atomic E-state index is 9.20. The van der Waals surface area contributed by atoms with Gasteiger partial charge in [0, 0.05) is 11.4 Å². The van der Waals surface area contributed by atoms with Crippen molar-refractivity contribution in [2.75, 3.05) is 9.80 Å². The third-order valence-corrected chi connectivity index (χ3v) is 6.53. The topological polar surface area (TPSA) is 30.3 Å². The van der Waals surface area contributed by atoms with Gasteiger partial charge in [-0.15, -0.1) is 0 Å². The van der Waals surface area contributed by atoms with E-state index in [4.69, 9.17) is 0 Å². The number of benzene rings is 5. The summed E-state index contributed by atoms with van der Waals surface area (Å²) in [6.07, 6.45) is 0. The predicted octanol–water partition coefficient (Wildman–Crippen LogP) is 8.79. The van der Waals surface area contributed by atoms with Gasteiger partial charge >= 0.3 is 0 Å². The molecule has 5 aromatic rings. The zero-order valence-corrected chi connectivity index (χ0v) is 19.4. The van der Waals surface area contributed by atoms with Crippen LogP contribution in [0, 0.1) is 18.3 Å². The third-order valence-electron chi connectivity index (χ3n) is 6.53. The van der Waals surface area contributed by atoms with Crippen LogP contribution < -0.4 is 9.80 Å². The standard InChI is InChI=1S/C32H23N3/c1-23-21-24(22-33)15-20-28(23)25-16-18-27(19-17-25)35-31-13-7-5-11-29(31)34(26-9-3-2-4-10-26)30-12-6-8-14-32(30)35/h2-21H,1H3. The Balaban J connectivity index is 1.47. The summed E-state index contributed by atoms with van der Waals surface area (Å²) in [7, 11) is 0. The molecule has 0 bridgehead atoms. The molecule has 35 heavy (non-hydrogen) atoms. The SMILES string of the molecule is Cc1cc(C#N)ccc1-c1ccc(N2c3ccccc3N(c3ccccc3)c3ccccc32)cc1. The molecule has 0 saturated carbocycles. The van der Waals surface area contributed by atoms with Crippen molar-refractivity contribution in [3.05, 3.63) is 132 Å². The van der Waals surface area contributed by atoms with E-state index in [-0.39, 0.29) is 0 Å². The first-order chi connectivity index (χ1) is 17.2. The van der Waals surface area contributed by atoms with E-state index in [2.05, 4.69) is 126 Å². The normalized spacial score (nSPS) is 12.0. The minimum Gasteiger partial charge on any atom is -0.306 e. The van der Waals surface area contributed by atoms with Crippen molar-refractivity contribution < 1.29 is 0 Å². The average Bonchev–Trinajstić information content (AvgIpc) is 2.92. The molecule has 0 radical (unpaired) electrons. The van der Waals surface area contributed by atoms with Crippen molar-refractivity contribution in [3.63, 3.8) is 0 Å². The van der Waals surface area contributed by atoms with Gasteiger partial charge < -0.3 is 9.80 Å². The minimum atomic E-state index is 0.687. The number of aryl methyl sites for hydroxylation is 1. The van der Waals surface area contributed by atoms with E-state index in [0.29, 0.717) is 5.56 Å². The number of anilines is 6. The van der Waals surface area contributed by atoms with Gasteiger partial charge in [-0.25, -0.2) is 0 Å². The van der Waals surface area contributed by atoms with Crippen LogP contribution in [0.4, 0.5) is 34.1 Å². The summed E-state index contributed by atoms with van der Waals surface area (Å²) in [5, 5.41) is 9.20. The molecule has 1 aliphatic rings. The number of rotatable bonds is 3. The van der Waals surface area contributed by atoms with Gasteiger partial charge in [-0.3, -0.25) is 0 Å². The van der Waals surface area contributed by atoms with Crippen LogP contribution in [-0.4, -0.2) is 0 Å². The van der Waals surface area contributed by atoms with Gasteiger partial charge in [0.2, 0.25) is 0 Å². The fourth-order valence-electron chi connectivity index (χ4n) is 4.92. The molecule has 3 heteroatoms. The largest absolute Gasteiger partial charge is 0.306 e. The zero-order chi connectivity index (χ0) is 23.8. The molecule has 0 spiro atoms. The lowest BCUT2D eigenvalue weighted by molar-refractivity contribution is 1.17. The van der Waals surface area contributed by atoms with Crippen LogP contribution in [-0.2, 0) is 0 Å². The highest BCUT2D eigenvalue weighted by molar-refractivity contribution is 6.01. The van der Waals surface area contributed by atoms with Gasteiger partial charge in [0.15, 0.2) is 0 Å². The molecule has 0 amide bonds. The van der Waals surface area contributed by atoms with Gasteiger partial charge in [-0.1, -0.05) is 60.7 Å². The monoisotopic (exact) mass is 449 g/mol. The molecule has 6 rings (SSSR count). The lowest BCUT2D eigenvalue weighted by Gasteiger charge is -2.40. The Morgan fingerprint density at radius 2 is 1.03 bits per heavy atom. The third kappa shape index (κ3) is 3.53. The number of nitriles is 1. The highest BCUT2D eigenvalue weighted by atomic mass is 15.3. The molecule has 0 atom stereocenters. The molecule has 1 aliphatic heterocycles. The fraction of sp³-hybridized carbons (Fsp3) is 0.0312. The molecule has 0 saturated heterocycles. The van der Waals surface area contributed by atoms with Crippen molar-refractivity contribution >= 4 is 34.1 Å². The van der Waals surface area contributed by atoms with Crippen molar-refractivity contribution in [1.29, 1.82) is 5.26 Å². The highest BCUT2D eigenvalue weighted by Crippen LogP contribution is 2.53. The lowest BCUT2D eigenvalue weighted by Crippen LogP contribution is -2.23. The van der Waals surface area contributed by atoms with E-state index in [0.717, 1.165) is 50.8 Å². The van der Waals surface area contributed by atoms with E-state index in [9.17, 15) is 5.26 Å². The molecule has 5 aromatic carbocycles. The van der Waals surface area contributed by atoms with Crippen LogP contribution in [0.2, 0.25) is 0 Å². The number of nitrogens with zero attached hydrogens (tertiary/aromatic N) is 3. The molecule has 1 heterocycles. The summed E-state index contributed by atoms with van der Waals surface area (Å²) < 4.78 is 0. The Morgan fingerprint density at radius 1 is 0.543 bits per heavy atom. The smallest absolute Gasteiger partial charge is 0.0991 e. The molecule has 0 aromatic heterocycles. The Kier molecular flexibility index (Phi) is 5.05. The summed E-state index contributed by atoms with van der Waals surface area (Å²) in [6, 6.07) is 44.4. The summed E-state index contributed by atoms with van der Waals surface area (Å²) in [6.45, 7) is 2.05.